The van der Waals surface area contributed by atoms with Gasteiger partial charge in [-0.05, 0) is 43.2 Å². The van der Waals surface area contributed by atoms with Gasteiger partial charge in [-0.25, -0.2) is 0 Å². The molecule has 1 aromatic heterocycles. The molecular weight excluding hydrogens is 276 g/mol. The molecule has 0 unspecified atom stereocenters. The number of carbonyl (C=O) groups excluding carboxylic acids is 2. The van der Waals surface area contributed by atoms with Gasteiger partial charge in [0.05, 0.1) is 16.4 Å². The fraction of sp³-hybridized carbons (Fsp3) is 0.200. The van der Waals surface area contributed by atoms with Gasteiger partial charge in [0.1, 0.15) is 5.69 Å². The van der Waals surface area contributed by atoms with Gasteiger partial charge in [0.2, 0.25) is 0 Å². The summed E-state index contributed by atoms with van der Waals surface area (Å²) in [6.45, 7) is 5.26. The first kappa shape index (κ1) is 14.3. The Morgan fingerprint density at radius 1 is 1.15 bits per heavy atom. The highest BCUT2D eigenvalue weighted by Gasteiger charge is 2.13. The molecule has 0 aliphatic heterocycles. The van der Waals surface area contributed by atoms with Crippen LogP contribution in [-0.4, -0.2) is 16.7 Å². The van der Waals surface area contributed by atoms with E-state index in [9.17, 15) is 9.59 Å². The van der Waals surface area contributed by atoms with Crippen molar-refractivity contribution in [1.82, 2.24) is 4.98 Å². The number of benzene rings is 1. The molecule has 104 valence electrons. The predicted molar refractivity (Wildman–Crippen MR) is 79.7 cm³/mol. The maximum absolute atomic E-state index is 12.1. The highest BCUT2D eigenvalue weighted by atomic mass is 35.5. The zero-order valence-corrected chi connectivity index (χ0v) is 12.3. The van der Waals surface area contributed by atoms with E-state index >= 15 is 0 Å². The van der Waals surface area contributed by atoms with E-state index in [1.807, 2.05) is 19.9 Å². The highest BCUT2D eigenvalue weighted by molar-refractivity contribution is 6.34. The molecule has 0 atom stereocenters. The van der Waals surface area contributed by atoms with E-state index in [1.165, 1.54) is 6.92 Å². The number of carbonyl (C=O) groups is 2. The standard InChI is InChI=1S/C15H15ClN2O2/c1-8-6-9(2)14(11(16)7-8)18-15(20)13-5-4-12(17-13)10(3)19/h4-7,17H,1-3H3,(H,18,20). The van der Waals surface area contributed by atoms with Gasteiger partial charge in [0.15, 0.2) is 5.78 Å². The van der Waals surface area contributed by atoms with E-state index < -0.39 is 0 Å². The summed E-state index contributed by atoms with van der Waals surface area (Å²) in [5.41, 5.74) is 3.24. The average molecular weight is 291 g/mol. The number of ketones is 1. The van der Waals surface area contributed by atoms with Crippen LogP contribution in [0.15, 0.2) is 24.3 Å². The van der Waals surface area contributed by atoms with Crippen molar-refractivity contribution in [2.75, 3.05) is 5.32 Å². The predicted octanol–water partition coefficient (Wildman–Crippen LogP) is 3.74. The molecule has 0 spiro atoms. The van der Waals surface area contributed by atoms with Crippen molar-refractivity contribution in [2.24, 2.45) is 0 Å². The molecule has 0 aliphatic rings. The number of rotatable bonds is 3. The minimum atomic E-state index is -0.327. The second-order valence-electron chi connectivity index (χ2n) is 4.73. The van der Waals surface area contributed by atoms with Crippen LogP contribution in [0.3, 0.4) is 0 Å². The van der Waals surface area contributed by atoms with Crippen LogP contribution in [0.4, 0.5) is 5.69 Å². The largest absolute Gasteiger partial charge is 0.348 e. The smallest absolute Gasteiger partial charge is 0.272 e. The second kappa shape index (κ2) is 5.51. The maximum Gasteiger partial charge on any atom is 0.272 e. The van der Waals surface area contributed by atoms with Gasteiger partial charge in [-0.3, -0.25) is 9.59 Å². The molecule has 0 fully saturated rings. The molecule has 0 saturated carbocycles. The van der Waals surface area contributed by atoms with Crippen LogP contribution in [0, 0.1) is 13.8 Å². The topological polar surface area (TPSA) is 62.0 Å². The maximum atomic E-state index is 12.1. The number of aromatic amines is 1. The molecule has 5 heteroatoms. The summed E-state index contributed by atoms with van der Waals surface area (Å²) in [5, 5.41) is 3.26. The number of nitrogens with one attached hydrogen (secondary N) is 2. The van der Waals surface area contributed by atoms with Crippen LogP contribution < -0.4 is 5.32 Å². The first-order valence-electron chi connectivity index (χ1n) is 6.16. The molecule has 0 saturated heterocycles. The highest BCUT2D eigenvalue weighted by Crippen LogP contribution is 2.27. The Kier molecular flexibility index (Phi) is 3.95. The molecule has 4 nitrogen and oxygen atoms in total. The number of halogens is 1. The third-order valence-corrected chi connectivity index (χ3v) is 3.28. The van der Waals surface area contributed by atoms with Gasteiger partial charge in [-0.1, -0.05) is 17.7 Å². The lowest BCUT2D eigenvalue weighted by atomic mass is 10.1. The Hall–Kier alpha value is -2.07. The molecule has 2 N–H and O–H groups in total. The van der Waals surface area contributed by atoms with Gasteiger partial charge in [0.25, 0.3) is 5.91 Å². The summed E-state index contributed by atoms with van der Waals surface area (Å²) in [6, 6.07) is 6.89. The number of Topliss-reactive ketones (excluding diaryl/α,β-unsaturated/α-hetero) is 1. The minimum absolute atomic E-state index is 0.117. The zero-order chi connectivity index (χ0) is 14.9. The zero-order valence-electron chi connectivity index (χ0n) is 11.5. The third kappa shape index (κ3) is 2.91. The summed E-state index contributed by atoms with van der Waals surface area (Å²) in [6.07, 6.45) is 0. The summed E-state index contributed by atoms with van der Waals surface area (Å²) < 4.78 is 0. The van der Waals surface area contributed by atoms with Crippen molar-refractivity contribution in [3.8, 4) is 0 Å². The van der Waals surface area contributed by atoms with Gasteiger partial charge in [-0.15, -0.1) is 0 Å². The minimum Gasteiger partial charge on any atom is -0.348 e. The van der Waals surface area contributed by atoms with Crippen molar-refractivity contribution < 1.29 is 9.59 Å². The third-order valence-electron chi connectivity index (χ3n) is 2.98. The van der Waals surface area contributed by atoms with E-state index in [-0.39, 0.29) is 11.7 Å². The van der Waals surface area contributed by atoms with Crippen LogP contribution in [0.25, 0.3) is 0 Å². The normalized spacial score (nSPS) is 10.4. The Labute approximate surface area is 122 Å². The lowest BCUT2D eigenvalue weighted by Gasteiger charge is -2.10. The average Bonchev–Trinajstić information content (AvgIpc) is 2.83. The fourth-order valence-corrected chi connectivity index (χ4v) is 2.36. The quantitative estimate of drug-likeness (QED) is 0.846. The lowest BCUT2D eigenvalue weighted by molar-refractivity contribution is 0.101. The van der Waals surface area contributed by atoms with Crippen molar-refractivity contribution in [3.05, 3.63) is 51.8 Å². The molecule has 0 bridgehead atoms. The van der Waals surface area contributed by atoms with E-state index in [4.69, 9.17) is 11.6 Å². The second-order valence-corrected chi connectivity index (χ2v) is 5.14. The van der Waals surface area contributed by atoms with Crippen LogP contribution in [0.2, 0.25) is 5.02 Å². The number of aromatic nitrogens is 1. The molecular formula is C15H15ClN2O2. The molecule has 0 aliphatic carbocycles. The molecule has 1 amide bonds. The van der Waals surface area contributed by atoms with Gasteiger partial charge in [-0.2, -0.15) is 0 Å². The van der Waals surface area contributed by atoms with Crippen molar-refractivity contribution in [3.63, 3.8) is 0 Å². The van der Waals surface area contributed by atoms with E-state index in [2.05, 4.69) is 10.3 Å². The molecule has 20 heavy (non-hydrogen) atoms. The number of aryl methyl sites for hydroxylation is 2. The molecule has 1 heterocycles. The summed E-state index contributed by atoms with van der Waals surface area (Å²) in [4.78, 5) is 26.1. The lowest BCUT2D eigenvalue weighted by Crippen LogP contribution is -2.14. The number of anilines is 1. The van der Waals surface area contributed by atoms with Gasteiger partial charge < -0.3 is 10.3 Å². The van der Waals surface area contributed by atoms with Crippen LogP contribution in [-0.2, 0) is 0 Å². The van der Waals surface area contributed by atoms with Crippen molar-refractivity contribution >= 4 is 29.0 Å². The number of hydrogen-bond donors (Lipinski definition) is 2. The summed E-state index contributed by atoms with van der Waals surface area (Å²) >= 11 is 6.14. The molecule has 1 aromatic carbocycles. The Morgan fingerprint density at radius 2 is 1.80 bits per heavy atom. The molecule has 2 rings (SSSR count). The number of hydrogen-bond acceptors (Lipinski definition) is 2. The Balaban J connectivity index is 2.25. The van der Waals surface area contributed by atoms with Crippen LogP contribution in [0.5, 0.6) is 0 Å². The monoisotopic (exact) mass is 290 g/mol. The Morgan fingerprint density at radius 3 is 2.35 bits per heavy atom. The Bertz CT molecular complexity index is 666. The molecule has 0 radical (unpaired) electrons. The number of amides is 1. The van der Waals surface area contributed by atoms with Gasteiger partial charge in [0, 0.05) is 6.92 Å². The summed E-state index contributed by atoms with van der Waals surface area (Å²) in [5.74, 6) is -0.444. The van der Waals surface area contributed by atoms with Crippen LogP contribution >= 0.6 is 11.6 Å². The van der Waals surface area contributed by atoms with Crippen molar-refractivity contribution in [1.29, 1.82) is 0 Å². The van der Waals surface area contributed by atoms with Gasteiger partial charge >= 0.3 is 0 Å². The molecule has 2 aromatic rings. The number of H-pyrrole nitrogens is 1. The first-order chi connectivity index (χ1) is 9.38. The van der Waals surface area contributed by atoms with E-state index in [1.54, 1.807) is 18.2 Å². The first-order valence-corrected chi connectivity index (χ1v) is 6.54. The summed E-state index contributed by atoms with van der Waals surface area (Å²) in [7, 11) is 0. The van der Waals surface area contributed by atoms with Crippen molar-refractivity contribution in [2.45, 2.75) is 20.8 Å². The van der Waals surface area contributed by atoms with E-state index in [0.717, 1.165) is 11.1 Å². The van der Waals surface area contributed by atoms with Crippen LogP contribution in [0.1, 0.15) is 39.0 Å². The fourth-order valence-electron chi connectivity index (χ4n) is 1.99. The SMILES string of the molecule is CC(=O)c1ccc(C(=O)Nc2c(C)cc(C)cc2Cl)[nH]1. The van der Waals surface area contributed by atoms with E-state index in [0.29, 0.717) is 22.1 Å².